The Kier molecular flexibility index (Phi) is 6.40. The van der Waals surface area contributed by atoms with Crippen LogP contribution in [0.2, 0.25) is 0 Å². The second kappa shape index (κ2) is 9.08. The Labute approximate surface area is 196 Å². The molecule has 1 unspecified atom stereocenters. The molecule has 0 aromatic heterocycles. The van der Waals surface area contributed by atoms with E-state index in [1.54, 1.807) is 24.3 Å². The number of allylic oxidation sites excluding steroid dienone is 1. The molecule has 0 saturated carbocycles. The van der Waals surface area contributed by atoms with Crippen molar-refractivity contribution in [3.05, 3.63) is 69.2 Å². The minimum absolute atomic E-state index is 0.319. The molecule has 6 nitrogen and oxygen atoms in total. The van der Waals surface area contributed by atoms with Gasteiger partial charge in [0.1, 0.15) is 0 Å². The summed E-state index contributed by atoms with van der Waals surface area (Å²) in [6.45, 7) is 4.31. The van der Waals surface area contributed by atoms with Gasteiger partial charge in [0.25, 0.3) is 11.6 Å². The van der Waals surface area contributed by atoms with Crippen LogP contribution in [-0.2, 0) is 10.5 Å². The highest BCUT2D eigenvalue weighted by atomic mass is 79.9. The Morgan fingerprint density at radius 2 is 2.00 bits per heavy atom. The molecule has 2 aliphatic rings. The zero-order valence-electron chi connectivity index (χ0n) is 18.4. The summed E-state index contributed by atoms with van der Waals surface area (Å²) in [5.41, 5.74) is 2.34. The van der Waals surface area contributed by atoms with Gasteiger partial charge >= 0.3 is 6.03 Å². The fourth-order valence-corrected chi connectivity index (χ4v) is 4.70. The largest absolute Gasteiger partial charge is 0.359 e. The quantitative estimate of drug-likeness (QED) is 0.492. The number of urea groups is 1. The number of hydrogen-bond acceptors (Lipinski definition) is 3. The molecular weight excluding hydrogens is 470 g/mol. The molecule has 1 aliphatic carbocycles. The van der Waals surface area contributed by atoms with Gasteiger partial charge in [0.05, 0.1) is 5.69 Å². The Balaban J connectivity index is 1.71. The fraction of sp³-hybridized carbons (Fsp3) is 0.360. The zero-order valence-corrected chi connectivity index (χ0v) is 20.0. The Morgan fingerprint density at radius 3 is 2.72 bits per heavy atom. The molecule has 0 saturated heterocycles. The predicted octanol–water partition coefficient (Wildman–Crippen LogP) is 5.27. The van der Waals surface area contributed by atoms with Gasteiger partial charge in [-0.25, -0.2) is 4.79 Å². The van der Waals surface area contributed by atoms with Crippen LogP contribution >= 0.6 is 15.9 Å². The SMILES string of the molecule is Cc1ccc(N2C(=O)Nc3ccc(Br)cc3C2(O)C(=O)NCCC2=CCCCC2)cc1C. The molecule has 2 aromatic carbocycles. The van der Waals surface area contributed by atoms with E-state index < -0.39 is 17.7 Å². The lowest BCUT2D eigenvalue weighted by Crippen LogP contribution is -2.62. The number of rotatable bonds is 5. The van der Waals surface area contributed by atoms with E-state index in [-0.39, 0.29) is 0 Å². The van der Waals surface area contributed by atoms with E-state index in [0.29, 0.717) is 28.0 Å². The average Bonchev–Trinajstić information content (AvgIpc) is 2.77. The Hall–Kier alpha value is -2.64. The Bertz CT molecular complexity index is 1100. The summed E-state index contributed by atoms with van der Waals surface area (Å²) in [6.07, 6.45) is 7.49. The van der Waals surface area contributed by atoms with Gasteiger partial charge in [0, 0.05) is 22.3 Å². The first kappa shape index (κ1) is 22.6. The maximum absolute atomic E-state index is 13.5. The first-order valence-electron chi connectivity index (χ1n) is 11.0. The van der Waals surface area contributed by atoms with E-state index >= 15 is 0 Å². The number of nitrogens with one attached hydrogen (secondary N) is 2. The molecule has 0 radical (unpaired) electrons. The molecule has 1 heterocycles. The molecule has 4 rings (SSSR count). The van der Waals surface area contributed by atoms with Crippen LogP contribution in [0.4, 0.5) is 16.2 Å². The van der Waals surface area contributed by atoms with Crippen molar-refractivity contribution in [2.24, 2.45) is 0 Å². The van der Waals surface area contributed by atoms with E-state index in [1.165, 1.54) is 18.4 Å². The lowest BCUT2D eigenvalue weighted by molar-refractivity contribution is -0.140. The molecule has 168 valence electrons. The minimum Gasteiger partial charge on any atom is -0.359 e. The standard InChI is InChI=1S/C25H28BrN3O3/c1-16-8-10-20(14-17(16)2)29-24(31)28-22-11-9-19(26)15-21(22)25(29,32)23(30)27-13-12-18-6-4-3-5-7-18/h6,8-11,14-15,32H,3-5,7,12-13H2,1-2H3,(H,27,30)(H,28,31). The summed E-state index contributed by atoms with van der Waals surface area (Å²) in [6, 6.07) is 9.99. The van der Waals surface area contributed by atoms with Crippen molar-refractivity contribution in [3.63, 3.8) is 0 Å². The van der Waals surface area contributed by atoms with Gasteiger partial charge in [-0.05, 0) is 87.4 Å². The molecular formula is C25H28BrN3O3. The molecule has 1 atom stereocenters. The molecule has 3 amide bonds. The number of nitrogens with zero attached hydrogens (tertiary/aromatic N) is 1. The molecule has 1 aliphatic heterocycles. The summed E-state index contributed by atoms with van der Waals surface area (Å²) in [5, 5.41) is 17.6. The number of carbonyl (C=O) groups excluding carboxylic acids is 2. The molecule has 32 heavy (non-hydrogen) atoms. The second-order valence-electron chi connectivity index (χ2n) is 8.51. The van der Waals surface area contributed by atoms with Gasteiger partial charge in [-0.1, -0.05) is 33.6 Å². The van der Waals surface area contributed by atoms with Crippen LogP contribution in [0.15, 0.2) is 52.5 Å². The van der Waals surface area contributed by atoms with E-state index in [1.807, 2.05) is 26.0 Å². The highest BCUT2D eigenvalue weighted by molar-refractivity contribution is 9.10. The number of anilines is 2. The average molecular weight is 498 g/mol. The monoisotopic (exact) mass is 497 g/mol. The van der Waals surface area contributed by atoms with Crippen LogP contribution in [0.25, 0.3) is 0 Å². The Morgan fingerprint density at radius 1 is 1.19 bits per heavy atom. The van der Waals surface area contributed by atoms with E-state index in [4.69, 9.17) is 0 Å². The lowest BCUT2D eigenvalue weighted by Gasteiger charge is -2.43. The lowest BCUT2D eigenvalue weighted by atomic mass is 9.94. The van der Waals surface area contributed by atoms with Crippen LogP contribution in [0.1, 0.15) is 48.8 Å². The van der Waals surface area contributed by atoms with Crippen LogP contribution in [0.3, 0.4) is 0 Å². The summed E-state index contributed by atoms with van der Waals surface area (Å²) >= 11 is 3.43. The third kappa shape index (κ3) is 4.19. The highest BCUT2D eigenvalue weighted by Crippen LogP contribution is 2.41. The fourth-order valence-electron chi connectivity index (χ4n) is 4.34. The first-order valence-corrected chi connectivity index (χ1v) is 11.8. The number of aliphatic hydroxyl groups is 1. The van der Waals surface area contributed by atoms with Crippen LogP contribution in [0.5, 0.6) is 0 Å². The van der Waals surface area contributed by atoms with Crippen molar-refractivity contribution in [3.8, 4) is 0 Å². The van der Waals surface area contributed by atoms with Gasteiger partial charge in [-0.2, -0.15) is 0 Å². The van der Waals surface area contributed by atoms with Crippen molar-refractivity contribution in [1.29, 1.82) is 0 Å². The summed E-state index contributed by atoms with van der Waals surface area (Å²) in [4.78, 5) is 27.8. The van der Waals surface area contributed by atoms with Gasteiger partial charge in [0.2, 0.25) is 0 Å². The molecule has 0 spiro atoms. The van der Waals surface area contributed by atoms with E-state index in [2.05, 4.69) is 32.6 Å². The molecule has 2 aromatic rings. The minimum atomic E-state index is -2.19. The van der Waals surface area contributed by atoms with Crippen LogP contribution in [0, 0.1) is 13.8 Å². The molecule has 0 bridgehead atoms. The van der Waals surface area contributed by atoms with Crippen LogP contribution in [-0.4, -0.2) is 23.6 Å². The van der Waals surface area contributed by atoms with Gasteiger partial charge in [-0.15, -0.1) is 0 Å². The van der Waals surface area contributed by atoms with Crippen molar-refractivity contribution >= 4 is 39.2 Å². The number of hydrogen-bond donors (Lipinski definition) is 3. The van der Waals surface area contributed by atoms with Crippen molar-refractivity contribution in [2.75, 3.05) is 16.8 Å². The number of fused-ring (bicyclic) bond motifs is 1. The van der Waals surface area contributed by atoms with E-state index in [9.17, 15) is 14.7 Å². The summed E-state index contributed by atoms with van der Waals surface area (Å²) in [7, 11) is 0. The van der Waals surface area contributed by atoms with Crippen molar-refractivity contribution < 1.29 is 14.7 Å². The highest BCUT2D eigenvalue weighted by Gasteiger charge is 2.52. The number of amides is 3. The number of aryl methyl sites for hydroxylation is 2. The number of carbonyl (C=O) groups is 2. The predicted molar refractivity (Wildman–Crippen MR) is 130 cm³/mol. The number of benzene rings is 2. The van der Waals surface area contributed by atoms with Crippen molar-refractivity contribution in [2.45, 2.75) is 51.7 Å². The maximum Gasteiger partial charge on any atom is 0.329 e. The summed E-state index contributed by atoms with van der Waals surface area (Å²) in [5.74, 6) is -0.624. The second-order valence-corrected chi connectivity index (χ2v) is 9.43. The van der Waals surface area contributed by atoms with E-state index in [0.717, 1.165) is 35.3 Å². The molecule has 3 N–H and O–H groups in total. The maximum atomic E-state index is 13.5. The van der Waals surface area contributed by atoms with Gasteiger partial charge in [0.15, 0.2) is 0 Å². The topological polar surface area (TPSA) is 81.7 Å². The van der Waals surface area contributed by atoms with Gasteiger partial charge in [-0.3, -0.25) is 9.69 Å². The first-order chi connectivity index (χ1) is 15.3. The zero-order chi connectivity index (χ0) is 22.9. The number of halogens is 1. The third-order valence-electron chi connectivity index (χ3n) is 6.31. The van der Waals surface area contributed by atoms with Crippen molar-refractivity contribution in [1.82, 2.24) is 5.32 Å². The normalized spacial score (nSPS) is 20.3. The molecule has 7 heteroatoms. The van der Waals surface area contributed by atoms with Gasteiger partial charge < -0.3 is 15.7 Å². The third-order valence-corrected chi connectivity index (χ3v) is 6.80. The van der Waals surface area contributed by atoms with Crippen LogP contribution < -0.4 is 15.5 Å². The smallest absolute Gasteiger partial charge is 0.329 e. The summed E-state index contributed by atoms with van der Waals surface area (Å²) < 4.78 is 0.700. The molecule has 0 fully saturated rings.